The third-order valence-corrected chi connectivity index (χ3v) is 1.52. The second-order valence-electron chi connectivity index (χ2n) is 2.42. The van der Waals surface area contributed by atoms with E-state index in [1.165, 1.54) is 18.2 Å². The minimum atomic E-state index is -1.34. The van der Waals surface area contributed by atoms with Gasteiger partial charge in [0.25, 0.3) is 0 Å². The van der Waals surface area contributed by atoms with E-state index in [-0.39, 0.29) is 5.56 Å². The summed E-state index contributed by atoms with van der Waals surface area (Å²) in [5, 5.41) is 18.0. The molecule has 0 unspecified atom stereocenters. The number of rotatable bonds is 2. The van der Waals surface area contributed by atoms with Gasteiger partial charge in [0.05, 0.1) is 0 Å². The van der Waals surface area contributed by atoms with Crippen LogP contribution in [0.15, 0.2) is 36.6 Å². The summed E-state index contributed by atoms with van der Waals surface area (Å²) in [6, 6.07) is 5.68. The van der Waals surface area contributed by atoms with Crippen LogP contribution in [-0.2, 0) is 0 Å². The van der Waals surface area contributed by atoms with Crippen molar-refractivity contribution in [1.82, 2.24) is 0 Å². The van der Waals surface area contributed by atoms with E-state index in [9.17, 15) is 9.50 Å². The van der Waals surface area contributed by atoms with Crippen molar-refractivity contribution >= 4 is 0 Å². The van der Waals surface area contributed by atoms with E-state index in [4.69, 9.17) is 5.11 Å². The molecule has 3 heteroatoms. The van der Waals surface area contributed by atoms with Crippen LogP contribution in [0.4, 0.5) is 4.39 Å². The largest absolute Gasteiger partial charge is 0.510 e. The Balaban J connectivity index is 3.02. The zero-order valence-electron chi connectivity index (χ0n) is 6.37. The molecule has 0 aliphatic rings. The summed E-state index contributed by atoms with van der Waals surface area (Å²) in [6.07, 6.45) is -1.34. The second kappa shape index (κ2) is 3.36. The molecule has 0 amide bonds. The summed E-state index contributed by atoms with van der Waals surface area (Å²) in [5.74, 6) is -1.01. The summed E-state index contributed by atoms with van der Waals surface area (Å²) in [6.45, 7) is 3.11. The standard InChI is InChI=1S/C9H9FO2/c1-6(11)9(12)7-4-2-3-5-8(7)10/h2-5,9,11-12H,1H2/t9-/m1/s1. The molecule has 0 aliphatic carbocycles. The van der Waals surface area contributed by atoms with Gasteiger partial charge in [-0.25, -0.2) is 4.39 Å². The molecule has 0 aromatic heterocycles. The molecule has 1 aromatic rings. The molecule has 64 valence electrons. The van der Waals surface area contributed by atoms with Gasteiger partial charge in [-0.3, -0.25) is 0 Å². The molecular weight excluding hydrogens is 159 g/mol. The predicted molar refractivity (Wildman–Crippen MR) is 43.1 cm³/mol. The summed E-state index contributed by atoms with van der Waals surface area (Å²) in [7, 11) is 0. The molecule has 1 atom stereocenters. The van der Waals surface area contributed by atoms with Gasteiger partial charge in [-0.05, 0) is 6.07 Å². The van der Waals surface area contributed by atoms with Crippen molar-refractivity contribution < 1.29 is 14.6 Å². The topological polar surface area (TPSA) is 40.5 Å². The van der Waals surface area contributed by atoms with Crippen molar-refractivity contribution in [2.45, 2.75) is 6.10 Å². The van der Waals surface area contributed by atoms with Crippen molar-refractivity contribution in [3.05, 3.63) is 48.0 Å². The van der Waals surface area contributed by atoms with Crippen molar-refractivity contribution in [2.75, 3.05) is 0 Å². The van der Waals surface area contributed by atoms with Gasteiger partial charge in [0.1, 0.15) is 17.7 Å². The Morgan fingerprint density at radius 3 is 2.50 bits per heavy atom. The molecule has 0 aliphatic heterocycles. The molecule has 2 N–H and O–H groups in total. The Kier molecular flexibility index (Phi) is 2.45. The number of benzene rings is 1. The van der Waals surface area contributed by atoms with E-state index < -0.39 is 17.7 Å². The SMILES string of the molecule is C=C(O)[C@@H](O)c1ccccc1F. The first-order valence-electron chi connectivity index (χ1n) is 3.43. The molecule has 0 spiro atoms. The first-order chi connectivity index (χ1) is 5.63. The molecule has 1 rings (SSSR count). The van der Waals surface area contributed by atoms with Crippen LogP contribution in [0.25, 0.3) is 0 Å². The summed E-state index contributed by atoms with van der Waals surface area (Å²) in [4.78, 5) is 0. The molecule has 0 saturated carbocycles. The Morgan fingerprint density at radius 1 is 1.42 bits per heavy atom. The van der Waals surface area contributed by atoms with Gasteiger partial charge < -0.3 is 10.2 Å². The van der Waals surface area contributed by atoms with Gasteiger partial charge in [0.15, 0.2) is 0 Å². The fraction of sp³-hybridized carbons (Fsp3) is 0.111. The zero-order chi connectivity index (χ0) is 9.14. The Hall–Kier alpha value is -1.35. The molecule has 2 nitrogen and oxygen atoms in total. The van der Waals surface area contributed by atoms with Gasteiger partial charge in [-0.15, -0.1) is 0 Å². The number of halogens is 1. The molecule has 0 radical (unpaired) electrons. The lowest BCUT2D eigenvalue weighted by Crippen LogP contribution is -2.02. The minimum Gasteiger partial charge on any atom is -0.510 e. The number of hydrogen-bond acceptors (Lipinski definition) is 2. The van der Waals surface area contributed by atoms with Gasteiger partial charge >= 0.3 is 0 Å². The van der Waals surface area contributed by atoms with Gasteiger partial charge in [-0.1, -0.05) is 24.8 Å². The van der Waals surface area contributed by atoms with Gasteiger partial charge in [0.2, 0.25) is 0 Å². The third kappa shape index (κ3) is 1.62. The lowest BCUT2D eigenvalue weighted by Gasteiger charge is -2.09. The quantitative estimate of drug-likeness (QED) is 0.662. The smallest absolute Gasteiger partial charge is 0.138 e. The van der Waals surface area contributed by atoms with E-state index in [1.807, 2.05) is 0 Å². The maximum absolute atomic E-state index is 12.9. The van der Waals surface area contributed by atoms with Crippen LogP contribution in [-0.4, -0.2) is 10.2 Å². The monoisotopic (exact) mass is 168 g/mol. The average molecular weight is 168 g/mol. The molecule has 0 heterocycles. The van der Waals surface area contributed by atoms with Gasteiger partial charge in [0, 0.05) is 5.56 Å². The van der Waals surface area contributed by atoms with Crippen molar-refractivity contribution in [3.8, 4) is 0 Å². The van der Waals surface area contributed by atoms with Crippen LogP contribution >= 0.6 is 0 Å². The van der Waals surface area contributed by atoms with E-state index in [2.05, 4.69) is 6.58 Å². The van der Waals surface area contributed by atoms with E-state index in [0.717, 1.165) is 0 Å². The fourth-order valence-electron chi connectivity index (χ4n) is 0.876. The lowest BCUT2D eigenvalue weighted by atomic mass is 10.1. The molecule has 0 saturated heterocycles. The van der Waals surface area contributed by atoms with Crippen LogP contribution in [0.5, 0.6) is 0 Å². The number of aliphatic hydroxyl groups is 2. The average Bonchev–Trinajstić information content (AvgIpc) is 2.04. The van der Waals surface area contributed by atoms with Crippen LogP contribution < -0.4 is 0 Å². The van der Waals surface area contributed by atoms with Crippen LogP contribution in [0, 0.1) is 5.82 Å². The van der Waals surface area contributed by atoms with Crippen molar-refractivity contribution in [1.29, 1.82) is 0 Å². The van der Waals surface area contributed by atoms with E-state index >= 15 is 0 Å². The van der Waals surface area contributed by atoms with Gasteiger partial charge in [-0.2, -0.15) is 0 Å². The summed E-state index contributed by atoms with van der Waals surface area (Å²) >= 11 is 0. The highest BCUT2D eigenvalue weighted by molar-refractivity contribution is 5.23. The lowest BCUT2D eigenvalue weighted by molar-refractivity contribution is 0.152. The Labute approximate surface area is 69.6 Å². The molecule has 0 fully saturated rings. The first kappa shape index (κ1) is 8.74. The molecular formula is C9H9FO2. The summed E-state index contributed by atoms with van der Waals surface area (Å²) in [5.41, 5.74) is 0.0324. The second-order valence-corrected chi connectivity index (χ2v) is 2.42. The minimum absolute atomic E-state index is 0.0324. The Bertz CT molecular complexity index is 296. The summed E-state index contributed by atoms with van der Waals surface area (Å²) < 4.78 is 12.9. The van der Waals surface area contributed by atoms with Crippen molar-refractivity contribution in [2.24, 2.45) is 0 Å². The molecule has 1 aromatic carbocycles. The Morgan fingerprint density at radius 2 is 2.00 bits per heavy atom. The van der Waals surface area contributed by atoms with Crippen LogP contribution in [0.2, 0.25) is 0 Å². The maximum Gasteiger partial charge on any atom is 0.138 e. The highest BCUT2D eigenvalue weighted by Crippen LogP contribution is 2.20. The fourth-order valence-corrected chi connectivity index (χ4v) is 0.876. The normalized spacial score (nSPS) is 12.5. The van der Waals surface area contributed by atoms with E-state index in [1.54, 1.807) is 6.07 Å². The third-order valence-electron chi connectivity index (χ3n) is 1.52. The van der Waals surface area contributed by atoms with E-state index in [0.29, 0.717) is 0 Å². The zero-order valence-corrected chi connectivity index (χ0v) is 6.37. The number of aliphatic hydroxyl groups excluding tert-OH is 2. The van der Waals surface area contributed by atoms with Crippen LogP contribution in [0.1, 0.15) is 11.7 Å². The molecule has 12 heavy (non-hydrogen) atoms. The predicted octanol–water partition coefficient (Wildman–Crippen LogP) is 1.93. The first-order valence-corrected chi connectivity index (χ1v) is 3.43. The highest BCUT2D eigenvalue weighted by Gasteiger charge is 2.13. The maximum atomic E-state index is 12.9. The molecule has 0 bridgehead atoms. The van der Waals surface area contributed by atoms with Crippen LogP contribution in [0.3, 0.4) is 0 Å². The van der Waals surface area contributed by atoms with Crippen molar-refractivity contribution in [3.63, 3.8) is 0 Å². The number of hydrogen-bond donors (Lipinski definition) is 2. The highest BCUT2D eigenvalue weighted by atomic mass is 19.1.